The van der Waals surface area contributed by atoms with E-state index in [0.29, 0.717) is 0 Å². The first-order chi connectivity index (χ1) is 14.7. The molecule has 1 unspecified atom stereocenters. The first kappa shape index (κ1) is 30.3. The normalized spacial score (nSPS) is 12.7. The largest absolute Gasteiger partial charge is 0.328 e. The van der Waals surface area contributed by atoms with Crippen LogP contribution < -0.4 is 0 Å². The smallest absolute Gasteiger partial charge is 0.327 e. The van der Waals surface area contributed by atoms with Crippen LogP contribution in [-0.2, 0) is 4.52 Å². The molecule has 0 saturated carbocycles. The predicted octanol–water partition coefficient (Wildman–Crippen LogP) is 9.60. The van der Waals surface area contributed by atoms with Crippen LogP contribution in [0.1, 0.15) is 162 Å². The highest BCUT2D eigenvalue weighted by Crippen LogP contribution is 2.31. The third-order valence-corrected chi connectivity index (χ3v) is 6.74. The topological polar surface area (TPSA) is 49.7 Å². The van der Waals surface area contributed by atoms with E-state index in [1.165, 1.54) is 122 Å². The summed E-state index contributed by atoms with van der Waals surface area (Å²) in [6.45, 7) is 4.54. The molecule has 0 aliphatic heterocycles. The third-order valence-electron chi connectivity index (χ3n) is 6.25. The Kier molecular flexibility index (Phi) is 25.8. The predicted molar refractivity (Wildman–Crippen MR) is 134 cm³/mol. The Morgan fingerprint density at radius 3 is 1.00 bits per heavy atom. The van der Waals surface area contributed by atoms with Gasteiger partial charge in [0.2, 0.25) is 0 Å². The maximum absolute atomic E-state index is 9.26. The fourth-order valence-corrected chi connectivity index (χ4v) is 4.76. The number of hydrogen-bond donors (Lipinski definition) is 2. The quantitative estimate of drug-likeness (QED) is 0.108. The Bertz CT molecular complexity index is 313. The molecule has 0 rings (SSSR count). The summed E-state index contributed by atoms with van der Waals surface area (Å²) in [5, 5.41) is 0. The standard InChI is InChI=1S/C26H55O3P/c1-3-5-7-9-11-13-15-17-19-21-23-25-26(29-30(27)28)24-22-20-18-16-14-12-10-8-6-4-2/h26-28H,3-25H2,1-2H3. The average molecular weight is 447 g/mol. The van der Waals surface area contributed by atoms with Gasteiger partial charge >= 0.3 is 8.60 Å². The molecule has 0 radical (unpaired) electrons. The van der Waals surface area contributed by atoms with Gasteiger partial charge in [-0.15, -0.1) is 0 Å². The molecule has 0 aromatic carbocycles. The van der Waals surface area contributed by atoms with Crippen LogP contribution in [-0.4, -0.2) is 15.9 Å². The SMILES string of the molecule is CCCCCCCCCCCCCC(CCCCCCCCCCCC)OP(O)O. The monoisotopic (exact) mass is 446 g/mol. The summed E-state index contributed by atoms with van der Waals surface area (Å²) in [6, 6.07) is 0. The van der Waals surface area contributed by atoms with E-state index in [0.717, 1.165) is 25.7 Å². The van der Waals surface area contributed by atoms with Crippen LogP contribution in [0.2, 0.25) is 0 Å². The second kappa shape index (κ2) is 25.6. The van der Waals surface area contributed by atoms with Gasteiger partial charge in [-0.1, -0.05) is 149 Å². The highest BCUT2D eigenvalue weighted by molar-refractivity contribution is 7.39. The van der Waals surface area contributed by atoms with E-state index in [1.54, 1.807) is 0 Å². The fraction of sp³-hybridized carbons (Fsp3) is 1.00. The van der Waals surface area contributed by atoms with E-state index in [1.807, 2.05) is 0 Å². The molecule has 0 bridgehead atoms. The lowest BCUT2D eigenvalue weighted by Crippen LogP contribution is -2.10. The van der Waals surface area contributed by atoms with Gasteiger partial charge in [0.1, 0.15) is 0 Å². The fourth-order valence-electron chi connectivity index (χ4n) is 4.28. The summed E-state index contributed by atoms with van der Waals surface area (Å²) < 4.78 is 5.40. The Morgan fingerprint density at radius 2 is 0.733 bits per heavy atom. The van der Waals surface area contributed by atoms with Gasteiger partial charge in [-0.05, 0) is 12.8 Å². The zero-order valence-corrected chi connectivity index (χ0v) is 21.5. The molecule has 0 amide bonds. The molecule has 0 aliphatic carbocycles. The lowest BCUT2D eigenvalue weighted by atomic mass is 10.0. The van der Waals surface area contributed by atoms with Crippen LogP contribution in [0.4, 0.5) is 0 Å². The number of hydrogen-bond acceptors (Lipinski definition) is 3. The Labute approximate surface area is 190 Å². The molecule has 2 N–H and O–H groups in total. The zero-order valence-electron chi connectivity index (χ0n) is 20.6. The van der Waals surface area contributed by atoms with Crippen molar-refractivity contribution in [1.29, 1.82) is 0 Å². The van der Waals surface area contributed by atoms with Gasteiger partial charge in [0.25, 0.3) is 0 Å². The van der Waals surface area contributed by atoms with Gasteiger partial charge in [-0.2, -0.15) is 0 Å². The lowest BCUT2D eigenvalue weighted by Gasteiger charge is -2.17. The molecular formula is C26H55O3P. The molecule has 3 nitrogen and oxygen atoms in total. The summed E-state index contributed by atoms with van der Waals surface area (Å²) in [5.41, 5.74) is 0. The van der Waals surface area contributed by atoms with Gasteiger partial charge in [0, 0.05) is 0 Å². The van der Waals surface area contributed by atoms with Gasteiger partial charge in [0.15, 0.2) is 0 Å². The van der Waals surface area contributed by atoms with Crippen LogP contribution in [0, 0.1) is 0 Å². The van der Waals surface area contributed by atoms with Gasteiger partial charge in [0.05, 0.1) is 6.10 Å². The van der Waals surface area contributed by atoms with E-state index >= 15 is 0 Å². The minimum atomic E-state index is -2.22. The second-order valence-corrected chi connectivity index (χ2v) is 9.99. The van der Waals surface area contributed by atoms with E-state index in [4.69, 9.17) is 4.52 Å². The maximum Gasteiger partial charge on any atom is 0.327 e. The van der Waals surface area contributed by atoms with Crippen LogP contribution in [0.5, 0.6) is 0 Å². The minimum absolute atomic E-state index is 0.0405. The first-order valence-corrected chi connectivity index (χ1v) is 14.7. The van der Waals surface area contributed by atoms with Crippen LogP contribution in [0.3, 0.4) is 0 Å². The molecule has 182 valence electrons. The number of rotatable bonds is 25. The Hall–Kier alpha value is 0.310. The highest BCUT2D eigenvalue weighted by atomic mass is 31.2. The maximum atomic E-state index is 9.26. The Morgan fingerprint density at radius 1 is 0.467 bits per heavy atom. The van der Waals surface area contributed by atoms with Crippen molar-refractivity contribution >= 4 is 8.60 Å². The average Bonchev–Trinajstić information content (AvgIpc) is 2.72. The van der Waals surface area contributed by atoms with Crippen molar-refractivity contribution in [3.63, 3.8) is 0 Å². The summed E-state index contributed by atoms with van der Waals surface area (Å²) in [5.74, 6) is 0. The molecule has 0 aromatic rings. The first-order valence-electron chi connectivity index (χ1n) is 13.5. The molecule has 1 atom stereocenters. The summed E-state index contributed by atoms with van der Waals surface area (Å²) >= 11 is 0. The summed E-state index contributed by atoms with van der Waals surface area (Å²) in [6.07, 6.45) is 30.2. The van der Waals surface area contributed by atoms with Crippen molar-refractivity contribution in [2.45, 2.75) is 168 Å². The van der Waals surface area contributed by atoms with Crippen LogP contribution in [0.15, 0.2) is 0 Å². The third kappa shape index (κ3) is 24.6. The van der Waals surface area contributed by atoms with Crippen LogP contribution in [0.25, 0.3) is 0 Å². The molecule has 0 spiro atoms. The summed E-state index contributed by atoms with van der Waals surface area (Å²) in [4.78, 5) is 18.5. The zero-order chi connectivity index (χ0) is 22.1. The van der Waals surface area contributed by atoms with E-state index in [-0.39, 0.29) is 6.10 Å². The second-order valence-electron chi connectivity index (χ2n) is 9.28. The lowest BCUT2D eigenvalue weighted by molar-refractivity contribution is 0.147. The van der Waals surface area contributed by atoms with Crippen molar-refractivity contribution in [1.82, 2.24) is 0 Å². The van der Waals surface area contributed by atoms with Gasteiger partial charge in [-0.25, -0.2) is 0 Å². The summed E-state index contributed by atoms with van der Waals surface area (Å²) in [7, 11) is -2.22. The molecule has 0 aliphatic rings. The van der Waals surface area contributed by atoms with Gasteiger partial charge < -0.3 is 14.3 Å². The van der Waals surface area contributed by atoms with Gasteiger partial charge in [-0.3, -0.25) is 0 Å². The minimum Gasteiger partial charge on any atom is -0.328 e. The van der Waals surface area contributed by atoms with Crippen molar-refractivity contribution in [3.8, 4) is 0 Å². The molecule has 0 aromatic heterocycles. The van der Waals surface area contributed by atoms with Crippen molar-refractivity contribution in [3.05, 3.63) is 0 Å². The molecule has 0 saturated heterocycles. The molecule has 30 heavy (non-hydrogen) atoms. The highest BCUT2D eigenvalue weighted by Gasteiger charge is 2.13. The Balaban J connectivity index is 3.54. The molecular weight excluding hydrogens is 391 g/mol. The molecule has 4 heteroatoms. The van der Waals surface area contributed by atoms with E-state index in [9.17, 15) is 9.79 Å². The van der Waals surface area contributed by atoms with E-state index < -0.39 is 8.60 Å². The molecule has 0 fully saturated rings. The van der Waals surface area contributed by atoms with Crippen LogP contribution >= 0.6 is 8.60 Å². The van der Waals surface area contributed by atoms with E-state index in [2.05, 4.69) is 13.8 Å². The number of unbranched alkanes of at least 4 members (excludes halogenated alkanes) is 19. The van der Waals surface area contributed by atoms with Crippen molar-refractivity contribution in [2.24, 2.45) is 0 Å². The van der Waals surface area contributed by atoms with Crippen molar-refractivity contribution in [2.75, 3.05) is 0 Å². The van der Waals surface area contributed by atoms with Crippen molar-refractivity contribution < 1.29 is 14.3 Å². The molecule has 0 heterocycles.